The maximum Gasteiger partial charge on any atom is 0.337 e. The highest BCUT2D eigenvalue weighted by Gasteiger charge is 2.11. The molecule has 0 bridgehead atoms. The summed E-state index contributed by atoms with van der Waals surface area (Å²) < 4.78 is 0.907. The standard InChI is InChI=1S/C15H14BrNO2/c1-9-3-5-13(11(7-9)15(18)19)17-14-6-4-10(2)8-12(14)16/h3-8,17H,1-2H3,(H,18,19). The van der Waals surface area contributed by atoms with Crippen molar-refractivity contribution >= 4 is 33.3 Å². The fourth-order valence-corrected chi connectivity index (χ4v) is 2.40. The second-order valence-corrected chi connectivity index (χ2v) is 5.32. The lowest BCUT2D eigenvalue weighted by Gasteiger charge is -2.12. The average Bonchev–Trinajstić information content (AvgIpc) is 2.34. The zero-order chi connectivity index (χ0) is 14.0. The molecule has 19 heavy (non-hydrogen) atoms. The van der Waals surface area contributed by atoms with Crippen molar-refractivity contribution in [3.05, 3.63) is 57.6 Å². The van der Waals surface area contributed by atoms with Gasteiger partial charge in [-0.25, -0.2) is 4.79 Å². The summed E-state index contributed by atoms with van der Waals surface area (Å²) in [4.78, 5) is 11.3. The minimum Gasteiger partial charge on any atom is -0.478 e. The Bertz CT molecular complexity index is 638. The van der Waals surface area contributed by atoms with E-state index in [1.54, 1.807) is 12.1 Å². The van der Waals surface area contributed by atoms with Crippen molar-refractivity contribution in [2.24, 2.45) is 0 Å². The van der Waals surface area contributed by atoms with Crippen LogP contribution >= 0.6 is 15.9 Å². The van der Waals surface area contributed by atoms with Crippen molar-refractivity contribution in [3.8, 4) is 0 Å². The fourth-order valence-electron chi connectivity index (χ4n) is 1.81. The summed E-state index contributed by atoms with van der Waals surface area (Å²) in [6.45, 7) is 3.88. The van der Waals surface area contributed by atoms with E-state index in [2.05, 4.69) is 21.2 Å². The maximum atomic E-state index is 11.3. The van der Waals surface area contributed by atoms with Crippen LogP contribution in [0.3, 0.4) is 0 Å². The lowest BCUT2D eigenvalue weighted by Crippen LogP contribution is -2.03. The Morgan fingerprint density at radius 1 is 1.05 bits per heavy atom. The highest BCUT2D eigenvalue weighted by molar-refractivity contribution is 9.10. The number of hydrogen-bond acceptors (Lipinski definition) is 2. The molecule has 0 aliphatic carbocycles. The molecular formula is C15H14BrNO2. The number of halogens is 1. The number of aromatic carboxylic acids is 1. The van der Waals surface area contributed by atoms with Gasteiger partial charge in [0.25, 0.3) is 0 Å². The number of carboxylic acids is 1. The summed E-state index contributed by atoms with van der Waals surface area (Å²) >= 11 is 3.47. The first-order valence-electron chi connectivity index (χ1n) is 5.84. The molecule has 0 saturated carbocycles. The van der Waals surface area contributed by atoms with E-state index < -0.39 is 5.97 Å². The quantitative estimate of drug-likeness (QED) is 0.875. The predicted molar refractivity (Wildman–Crippen MR) is 80.3 cm³/mol. The van der Waals surface area contributed by atoms with E-state index in [-0.39, 0.29) is 5.56 Å². The monoisotopic (exact) mass is 319 g/mol. The van der Waals surface area contributed by atoms with Crippen LogP contribution in [0.25, 0.3) is 0 Å². The average molecular weight is 320 g/mol. The van der Waals surface area contributed by atoms with Gasteiger partial charge in [0.1, 0.15) is 0 Å². The molecule has 0 fully saturated rings. The SMILES string of the molecule is Cc1ccc(Nc2ccc(C)cc2C(=O)O)c(Br)c1. The zero-order valence-corrected chi connectivity index (χ0v) is 12.3. The first-order valence-corrected chi connectivity index (χ1v) is 6.64. The third-order valence-electron chi connectivity index (χ3n) is 2.80. The van der Waals surface area contributed by atoms with Gasteiger partial charge in [0.2, 0.25) is 0 Å². The van der Waals surface area contributed by atoms with E-state index in [0.717, 1.165) is 21.3 Å². The Labute approximate surface area is 120 Å². The molecule has 0 amide bonds. The predicted octanol–water partition coefficient (Wildman–Crippen LogP) is 4.51. The second-order valence-electron chi connectivity index (χ2n) is 4.46. The minimum absolute atomic E-state index is 0.271. The molecule has 0 spiro atoms. The number of nitrogens with one attached hydrogen (secondary N) is 1. The molecule has 0 aliphatic rings. The fraction of sp³-hybridized carbons (Fsp3) is 0.133. The van der Waals surface area contributed by atoms with Gasteiger partial charge in [0.15, 0.2) is 0 Å². The van der Waals surface area contributed by atoms with Crippen LogP contribution in [0.2, 0.25) is 0 Å². The number of carboxylic acid groups (broad SMARTS) is 1. The van der Waals surface area contributed by atoms with Gasteiger partial charge in [-0.15, -0.1) is 0 Å². The molecule has 0 atom stereocenters. The van der Waals surface area contributed by atoms with E-state index in [0.29, 0.717) is 5.69 Å². The van der Waals surface area contributed by atoms with Crippen LogP contribution < -0.4 is 5.32 Å². The van der Waals surface area contributed by atoms with Crippen LogP contribution in [0.5, 0.6) is 0 Å². The number of carbonyl (C=O) groups is 1. The van der Waals surface area contributed by atoms with Crippen LogP contribution in [0.4, 0.5) is 11.4 Å². The molecular weight excluding hydrogens is 306 g/mol. The third-order valence-corrected chi connectivity index (χ3v) is 3.46. The van der Waals surface area contributed by atoms with E-state index >= 15 is 0 Å². The van der Waals surface area contributed by atoms with Crippen molar-refractivity contribution in [1.29, 1.82) is 0 Å². The molecule has 2 aromatic rings. The lowest BCUT2D eigenvalue weighted by atomic mass is 10.1. The Morgan fingerprint density at radius 2 is 1.63 bits per heavy atom. The van der Waals surface area contributed by atoms with E-state index in [1.165, 1.54) is 0 Å². The molecule has 2 N–H and O–H groups in total. The van der Waals surface area contributed by atoms with E-state index in [9.17, 15) is 9.90 Å². The number of anilines is 2. The van der Waals surface area contributed by atoms with Gasteiger partial charge in [0, 0.05) is 4.47 Å². The van der Waals surface area contributed by atoms with Gasteiger partial charge in [-0.3, -0.25) is 0 Å². The van der Waals surface area contributed by atoms with Crippen LogP contribution in [-0.2, 0) is 0 Å². The van der Waals surface area contributed by atoms with Crippen LogP contribution in [0.1, 0.15) is 21.5 Å². The van der Waals surface area contributed by atoms with Crippen molar-refractivity contribution in [3.63, 3.8) is 0 Å². The highest BCUT2D eigenvalue weighted by atomic mass is 79.9. The maximum absolute atomic E-state index is 11.3. The van der Waals surface area contributed by atoms with Gasteiger partial charge in [-0.05, 0) is 59.6 Å². The van der Waals surface area contributed by atoms with E-state index in [1.807, 2.05) is 38.1 Å². The smallest absolute Gasteiger partial charge is 0.337 e. The van der Waals surface area contributed by atoms with Gasteiger partial charge >= 0.3 is 5.97 Å². The number of aryl methyl sites for hydroxylation is 2. The Morgan fingerprint density at radius 3 is 2.21 bits per heavy atom. The molecule has 0 aliphatic heterocycles. The van der Waals surface area contributed by atoms with Crippen molar-refractivity contribution in [1.82, 2.24) is 0 Å². The molecule has 2 aromatic carbocycles. The lowest BCUT2D eigenvalue weighted by molar-refractivity contribution is 0.0698. The normalized spacial score (nSPS) is 10.3. The molecule has 0 unspecified atom stereocenters. The molecule has 0 saturated heterocycles. The molecule has 4 heteroatoms. The van der Waals surface area contributed by atoms with Crippen molar-refractivity contribution in [2.45, 2.75) is 13.8 Å². The molecule has 3 nitrogen and oxygen atoms in total. The largest absolute Gasteiger partial charge is 0.478 e. The Kier molecular flexibility index (Phi) is 3.90. The Hall–Kier alpha value is -1.81. The Balaban J connectivity index is 2.40. The second kappa shape index (κ2) is 5.45. The number of hydrogen-bond donors (Lipinski definition) is 2. The summed E-state index contributed by atoms with van der Waals surface area (Å²) in [5, 5.41) is 12.4. The van der Waals surface area contributed by atoms with Crippen LogP contribution in [0, 0.1) is 13.8 Å². The summed E-state index contributed by atoms with van der Waals surface area (Å²) in [5.41, 5.74) is 3.76. The number of benzene rings is 2. The summed E-state index contributed by atoms with van der Waals surface area (Å²) in [6.07, 6.45) is 0. The first-order chi connectivity index (χ1) is 8.97. The molecule has 98 valence electrons. The zero-order valence-electron chi connectivity index (χ0n) is 10.7. The first kappa shape index (κ1) is 13.6. The molecule has 0 radical (unpaired) electrons. The van der Waals surface area contributed by atoms with Gasteiger partial charge < -0.3 is 10.4 Å². The number of rotatable bonds is 3. The van der Waals surface area contributed by atoms with Gasteiger partial charge in [-0.1, -0.05) is 17.7 Å². The van der Waals surface area contributed by atoms with Gasteiger partial charge in [-0.2, -0.15) is 0 Å². The third kappa shape index (κ3) is 3.15. The van der Waals surface area contributed by atoms with Crippen LogP contribution in [-0.4, -0.2) is 11.1 Å². The molecule has 0 aromatic heterocycles. The topological polar surface area (TPSA) is 49.3 Å². The van der Waals surface area contributed by atoms with Crippen molar-refractivity contribution < 1.29 is 9.90 Å². The summed E-state index contributed by atoms with van der Waals surface area (Å²) in [6, 6.07) is 11.2. The summed E-state index contributed by atoms with van der Waals surface area (Å²) in [5.74, 6) is -0.936. The van der Waals surface area contributed by atoms with Gasteiger partial charge in [0.05, 0.1) is 16.9 Å². The van der Waals surface area contributed by atoms with E-state index in [4.69, 9.17) is 0 Å². The highest BCUT2D eigenvalue weighted by Crippen LogP contribution is 2.28. The minimum atomic E-state index is -0.936. The van der Waals surface area contributed by atoms with Crippen molar-refractivity contribution in [2.75, 3.05) is 5.32 Å². The molecule has 0 heterocycles. The van der Waals surface area contributed by atoms with Crippen LogP contribution in [0.15, 0.2) is 40.9 Å². The molecule has 2 rings (SSSR count). The summed E-state index contributed by atoms with van der Waals surface area (Å²) in [7, 11) is 0.